The highest BCUT2D eigenvalue weighted by molar-refractivity contribution is 7.91. The number of fused-ring (bicyclic) bond motifs is 1. The lowest BCUT2D eigenvalue weighted by Gasteiger charge is -2.10. The number of para-hydroxylation sites is 1. The minimum atomic E-state index is -3.50. The smallest absolute Gasteiger partial charge is 0.180 e. The lowest BCUT2D eigenvalue weighted by Crippen LogP contribution is -2.01. The van der Waals surface area contributed by atoms with Crippen molar-refractivity contribution >= 4 is 33.0 Å². The van der Waals surface area contributed by atoms with Crippen molar-refractivity contribution < 1.29 is 12.8 Å². The van der Waals surface area contributed by atoms with Crippen LogP contribution < -0.4 is 0 Å². The summed E-state index contributed by atoms with van der Waals surface area (Å²) in [6, 6.07) is 16.3. The van der Waals surface area contributed by atoms with E-state index in [1.807, 2.05) is 30.3 Å². The molecule has 2 aromatic carbocycles. The van der Waals surface area contributed by atoms with Gasteiger partial charge in [-0.2, -0.15) is 0 Å². The minimum absolute atomic E-state index is 0.0717. The first-order valence-corrected chi connectivity index (χ1v) is 8.60. The highest BCUT2D eigenvalue weighted by Crippen LogP contribution is 2.33. The van der Waals surface area contributed by atoms with Gasteiger partial charge in [-0.25, -0.2) is 8.42 Å². The largest absolute Gasteiger partial charge is 0.455 e. The van der Waals surface area contributed by atoms with E-state index in [0.29, 0.717) is 26.8 Å². The monoisotopic (exact) mass is 316 g/mol. The minimum Gasteiger partial charge on any atom is -0.455 e. The average molecular weight is 316 g/mol. The second-order valence-electron chi connectivity index (χ2n) is 4.72. The summed E-state index contributed by atoms with van der Waals surface area (Å²) in [5.74, 6) is 0.293. The van der Waals surface area contributed by atoms with Crippen LogP contribution in [-0.2, 0) is 9.84 Å². The third-order valence-corrected chi connectivity index (χ3v) is 4.85. The van der Waals surface area contributed by atoms with Crippen molar-refractivity contribution in [3.05, 3.63) is 59.1 Å². The van der Waals surface area contributed by atoms with Gasteiger partial charge in [0, 0.05) is 17.2 Å². The molecule has 1 heterocycles. The molecule has 21 heavy (non-hydrogen) atoms. The highest BCUT2D eigenvalue weighted by Gasteiger charge is 2.21. The van der Waals surface area contributed by atoms with E-state index < -0.39 is 9.84 Å². The van der Waals surface area contributed by atoms with Crippen molar-refractivity contribution in [1.82, 2.24) is 0 Å². The van der Waals surface area contributed by atoms with Gasteiger partial charge in [-0.3, -0.25) is 0 Å². The van der Waals surface area contributed by atoms with Crippen molar-refractivity contribution in [2.24, 2.45) is 0 Å². The SMILES string of the molecule is CS(=O)(=O)c1c(-c2ccccc2)oc2ccccc2c1=S. The van der Waals surface area contributed by atoms with Crippen molar-refractivity contribution in [2.45, 2.75) is 4.90 Å². The van der Waals surface area contributed by atoms with Gasteiger partial charge in [0.05, 0.1) is 4.51 Å². The summed E-state index contributed by atoms with van der Waals surface area (Å²) in [6.45, 7) is 0. The fraction of sp³-hybridized carbons (Fsp3) is 0.0625. The molecule has 0 unspecified atom stereocenters. The van der Waals surface area contributed by atoms with Gasteiger partial charge in [0.15, 0.2) is 15.6 Å². The maximum atomic E-state index is 12.2. The Labute approximate surface area is 127 Å². The highest BCUT2D eigenvalue weighted by atomic mass is 32.2. The molecule has 0 atom stereocenters. The van der Waals surface area contributed by atoms with E-state index in [-0.39, 0.29) is 4.90 Å². The first-order valence-electron chi connectivity index (χ1n) is 6.30. The van der Waals surface area contributed by atoms with Crippen LogP contribution in [0.3, 0.4) is 0 Å². The fourth-order valence-corrected chi connectivity index (χ4v) is 3.90. The van der Waals surface area contributed by atoms with E-state index in [9.17, 15) is 8.42 Å². The van der Waals surface area contributed by atoms with E-state index in [1.54, 1.807) is 24.3 Å². The van der Waals surface area contributed by atoms with Gasteiger partial charge in [-0.05, 0) is 12.1 Å². The van der Waals surface area contributed by atoms with Crippen LogP contribution in [-0.4, -0.2) is 14.7 Å². The molecule has 0 N–H and O–H groups in total. The lowest BCUT2D eigenvalue weighted by molar-refractivity contribution is 0.582. The zero-order valence-electron chi connectivity index (χ0n) is 11.2. The Hall–Kier alpha value is -1.98. The predicted octanol–water partition coefficient (Wildman–Crippen LogP) is 4.23. The zero-order chi connectivity index (χ0) is 15.0. The second-order valence-corrected chi connectivity index (χ2v) is 7.08. The summed E-state index contributed by atoms with van der Waals surface area (Å²) < 4.78 is 30.5. The van der Waals surface area contributed by atoms with Crippen LogP contribution in [0, 0.1) is 4.51 Å². The Kier molecular flexibility index (Phi) is 3.39. The number of hydrogen-bond acceptors (Lipinski definition) is 4. The molecule has 0 aliphatic carbocycles. The van der Waals surface area contributed by atoms with Crippen LogP contribution >= 0.6 is 12.2 Å². The van der Waals surface area contributed by atoms with E-state index in [4.69, 9.17) is 16.6 Å². The van der Waals surface area contributed by atoms with Gasteiger partial charge < -0.3 is 4.42 Å². The molecule has 1 aromatic heterocycles. The molecule has 0 aliphatic heterocycles. The summed E-state index contributed by atoms with van der Waals surface area (Å²) in [5.41, 5.74) is 1.27. The maximum absolute atomic E-state index is 12.2. The van der Waals surface area contributed by atoms with Gasteiger partial charge in [0.2, 0.25) is 0 Å². The van der Waals surface area contributed by atoms with E-state index in [1.165, 1.54) is 0 Å². The number of hydrogen-bond donors (Lipinski definition) is 0. The van der Waals surface area contributed by atoms with Crippen molar-refractivity contribution in [3.63, 3.8) is 0 Å². The molecule has 3 aromatic rings. The van der Waals surface area contributed by atoms with Gasteiger partial charge in [0.25, 0.3) is 0 Å². The first-order chi connectivity index (χ1) is 9.98. The van der Waals surface area contributed by atoms with Gasteiger partial charge in [-0.15, -0.1) is 0 Å². The number of benzene rings is 2. The number of sulfone groups is 1. The lowest BCUT2D eigenvalue weighted by atomic mass is 10.1. The molecule has 0 amide bonds. The molecular weight excluding hydrogens is 304 g/mol. The third-order valence-electron chi connectivity index (χ3n) is 3.16. The molecule has 0 saturated heterocycles. The van der Waals surface area contributed by atoms with E-state index in [0.717, 1.165) is 6.26 Å². The average Bonchev–Trinajstić information content (AvgIpc) is 2.46. The third kappa shape index (κ3) is 2.50. The quantitative estimate of drug-likeness (QED) is 0.664. The van der Waals surface area contributed by atoms with Crippen LogP contribution in [0.15, 0.2) is 63.9 Å². The van der Waals surface area contributed by atoms with Crippen LogP contribution in [0.2, 0.25) is 0 Å². The standard InChI is InChI=1S/C16H12O3S2/c1-21(17,18)16-14(11-7-3-2-4-8-11)19-13-10-6-5-9-12(13)15(16)20/h2-10H,1H3. The molecule has 106 valence electrons. The fourth-order valence-electron chi connectivity index (χ4n) is 2.24. The van der Waals surface area contributed by atoms with Crippen molar-refractivity contribution in [2.75, 3.05) is 6.26 Å². The van der Waals surface area contributed by atoms with Gasteiger partial charge in [0.1, 0.15) is 10.5 Å². The second kappa shape index (κ2) is 5.09. The molecule has 0 saturated carbocycles. The Bertz CT molecular complexity index is 971. The molecule has 3 rings (SSSR count). The summed E-state index contributed by atoms with van der Waals surface area (Å²) in [7, 11) is -3.50. The van der Waals surface area contributed by atoms with Crippen LogP contribution in [0.1, 0.15) is 0 Å². The van der Waals surface area contributed by atoms with Crippen molar-refractivity contribution in [3.8, 4) is 11.3 Å². The molecule has 0 aliphatic rings. The molecular formula is C16H12O3S2. The van der Waals surface area contributed by atoms with Crippen LogP contribution in [0.4, 0.5) is 0 Å². The maximum Gasteiger partial charge on any atom is 0.180 e. The summed E-state index contributed by atoms with van der Waals surface area (Å²) in [5, 5.41) is 0.632. The Morgan fingerprint density at radius 1 is 0.952 bits per heavy atom. The molecule has 0 radical (unpaired) electrons. The topological polar surface area (TPSA) is 47.3 Å². The Morgan fingerprint density at radius 3 is 2.24 bits per heavy atom. The summed E-state index contributed by atoms with van der Waals surface area (Å²) >= 11 is 5.39. The van der Waals surface area contributed by atoms with Gasteiger partial charge in [-0.1, -0.05) is 54.7 Å². The molecule has 3 nitrogen and oxygen atoms in total. The Morgan fingerprint density at radius 2 is 1.57 bits per heavy atom. The summed E-state index contributed by atoms with van der Waals surface area (Å²) in [4.78, 5) is 0.0717. The first kappa shape index (κ1) is 14.0. The van der Waals surface area contributed by atoms with Crippen LogP contribution in [0.25, 0.3) is 22.3 Å². The van der Waals surface area contributed by atoms with Crippen LogP contribution in [0.5, 0.6) is 0 Å². The molecule has 0 fully saturated rings. The van der Waals surface area contributed by atoms with Gasteiger partial charge >= 0.3 is 0 Å². The van der Waals surface area contributed by atoms with E-state index in [2.05, 4.69) is 0 Å². The normalized spacial score (nSPS) is 11.7. The molecule has 5 heteroatoms. The Balaban J connectivity index is 2.52. The zero-order valence-corrected chi connectivity index (χ0v) is 12.9. The predicted molar refractivity (Wildman–Crippen MR) is 85.6 cm³/mol. The van der Waals surface area contributed by atoms with E-state index >= 15 is 0 Å². The van der Waals surface area contributed by atoms with Crippen molar-refractivity contribution in [1.29, 1.82) is 0 Å². The molecule has 0 bridgehead atoms. The number of rotatable bonds is 2. The molecule has 0 spiro atoms. The summed E-state index contributed by atoms with van der Waals surface area (Å²) in [6.07, 6.45) is 1.15.